The van der Waals surface area contributed by atoms with Crippen LogP contribution in [0.2, 0.25) is 5.02 Å². The number of imidazole rings is 1. The van der Waals surface area contributed by atoms with Crippen molar-refractivity contribution >= 4 is 51.8 Å². The van der Waals surface area contributed by atoms with Crippen molar-refractivity contribution in [3.8, 4) is 11.3 Å². The molecule has 5 heterocycles. The van der Waals surface area contributed by atoms with Gasteiger partial charge in [0.1, 0.15) is 0 Å². The number of aromatic nitrogens is 3. The highest BCUT2D eigenvalue weighted by molar-refractivity contribution is 8.18. The first-order valence-electron chi connectivity index (χ1n) is 12.6. The molecule has 0 radical (unpaired) electrons. The Bertz CT molecular complexity index is 1390. The number of fused-ring (bicyclic) bond motifs is 1. The largest absolute Gasteiger partial charge is 0.378 e. The van der Waals surface area contributed by atoms with Gasteiger partial charge in [-0.2, -0.15) is 10.1 Å². The zero-order chi connectivity index (χ0) is 25.4. The molecular formula is C26H28ClN7O2S. The van der Waals surface area contributed by atoms with Gasteiger partial charge in [0, 0.05) is 44.8 Å². The van der Waals surface area contributed by atoms with E-state index in [0.717, 1.165) is 78.6 Å². The van der Waals surface area contributed by atoms with Gasteiger partial charge in [-0.1, -0.05) is 24.6 Å². The third kappa shape index (κ3) is 4.98. The third-order valence-corrected chi connectivity index (χ3v) is 8.30. The summed E-state index contributed by atoms with van der Waals surface area (Å²) in [7, 11) is 0. The summed E-state index contributed by atoms with van der Waals surface area (Å²) < 4.78 is 7.20. The molecule has 0 aliphatic carbocycles. The number of halogens is 1. The molecule has 0 N–H and O–H groups in total. The van der Waals surface area contributed by atoms with E-state index in [1.165, 1.54) is 11.8 Å². The van der Waals surface area contributed by atoms with Crippen LogP contribution < -0.4 is 4.90 Å². The number of nitrogens with zero attached hydrogens (tertiary/aromatic N) is 7. The van der Waals surface area contributed by atoms with E-state index in [-0.39, 0.29) is 5.91 Å². The SMILES string of the molecule is CCN1CCN(c2ccc(-c3cnc4ccc(C=C5SC(N6CCOCC6)=NC5=O)nn34)cc2Cl)CC1. The molecule has 1 amide bonds. The Morgan fingerprint density at radius 2 is 1.86 bits per heavy atom. The van der Waals surface area contributed by atoms with Gasteiger partial charge < -0.3 is 19.4 Å². The lowest BCUT2D eigenvalue weighted by Crippen LogP contribution is -2.46. The van der Waals surface area contributed by atoms with Crippen LogP contribution in [0.3, 0.4) is 0 Å². The molecule has 3 aliphatic rings. The van der Waals surface area contributed by atoms with E-state index < -0.39 is 0 Å². The molecule has 0 saturated carbocycles. The van der Waals surface area contributed by atoms with Gasteiger partial charge in [-0.05, 0) is 48.6 Å². The number of hydrogen-bond acceptors (Lipinski definition) is 8. The van der Waals surface area contributed by atoms with Crippen LogP contribution in [0, 0.1) is 0 Å². The fraction of sp³-hybridized carbons (Fsp3) is 0.385. The number of carbonyl (C=O) groups excluding carboxylic acids is 1. The number of anilines is 1. The van der Waals surface area contributed by atoms with Gasteiger partial charge in [-0.25, -0.2) is 9.50 Å². The number of hydrogen-bond donors (Lipinski definition) is 0. The van der Waals surface area contributed by atoms with Gasteiger partial charge in [0.25, 0.3) is 5.91 Å². The number of likely N-dealkylation sites (N-methyl/N-ethyl adjacent to an activating group) is 1. The van der Waals surface area contributed by atoms with Crippen molar-refractivity contribution in [2.45, 2.75) is 6.92 Å². The Kier molecular flexibility index (Phi) is 6.90. The first kappa shape index (κ1) is 24.4. The molecule has 3 aliphatic heterocycles. The highest BCUT2D eigenvalue weighted by Crippen LogP contribution is 2.33. The van der Waals surface area contributed by atoms with E-state index in [4.69, 9.17) is 21.4 Å². The third-order valence-electron chi connectivity index (χ3n) is 6.96. The summed E-state index contributed by atoms with van der Waals surface area (Å²) >= 11 is 8.15. The fourth-order valence-electron chi connectivity index (χ4n) is 4.81. The number of ether oxygens (including phenoxy) is 1. The van der Waals surface area contributed by atoms with Crippen molar-refractivity contribution in [2.24, 2.45) is 4.99 Å². The summed E-state index contributed by atoms with van der Waals surface area (Å²) in [6.07, 6.45) is 3.60. The molecule has 9 nitrogen and oxygen atoms in total. The predicted octanol–water partition coefficient (Wildman–Crippen LogP) is 3.49. The minimum Gasteiger partial charge on any atom is -0.378 e. The Balaban J connectivity index is 1.24. The van der Waals surface area contributed by atoms with Crippen LogP contribution in [0.4, 0.5) is 5.69 Å². The van der Waals surface area contributed by atoms with Crippen molar-refractivity contribution < 1.29 is 9.53 Å². The van der Waals surface area contributed by atoms with Gasteiger partial charge in [0.15, 0.2) is 10.8 Å². The lowest BCUT2D eigenvalue weighted by molar-refractivity contribution is -0.113. The second-order valence-corrected chi connectivity index (χ2v) is 10.6. The zero-order valence-corrected chi connectivity index (χ0v) is 22.2. The maximum Gasteiger partial charge on any atom is 0.286 e. The summed E-state index contributed by atoms with van der Waals surface area (Å²) in [6.45, 7) is 10.1. The smallest absolute Gasteiger partial charge is 0.286 e. The average molecular weight is 538 g/mol. The standard InChI is InChI=1S/C26H28ClN7O2S/c1-2-31-7-9-32(10-8-31)21-5-3-18(15-20(21)27)22-17-28-24-6-4-19(30-34(22)24)16-23-25(35)29-26(37-23)33-11-13-36-14-12-33/h3-6,15-17H,2,7-14H2,1H3. The number of amidine groups is 1. The van der Waals surface area contributed by atoms with E-state index in [1.807, 2.05) is 18.2 Å². The number of benzene rings is 1. The predicted molar refractivity (Wildman–Crippen MR) is 148 cm³/mol. The maximum absolute atomic E-state index is 12.6. The van der Waals surface area contributed by atoms with Gasteiger partial charge in [-0.15, -0.1) is 0 Å². The van der Waals surface area contributed by atoms with Gasteiger partial charge >= 0.3 is 0 Å². The van der Waals surface area contributed by atoms with Crippen molar-refractivity contribution in [2.75, 3.05) is 63.9 Å². The Morgan fingerprint density at radius 1 is 1.05 bits per heavy atom. The number of thioether (sulfide) groups is 1. The monoisotopic (exact) mass is 537 g/mol. The van der Waals surface area contributed by atoms with Gasteiger partial charge in [-0.3, -0.25) is 4.79 Å². The number of carbonyl (C=O) groups is 1. The minimum atomic E-state index is -0.235. The summed E-state index contributed by atoms with van der Waals surface area (Å²) in [5.41, 5.74) is 4.23. The van der Waals surface area contributed by atoms with Crippen LogP contribution in [0.5, 0.6) is 0 Å². The maximum atomic E-state index is 12.6. The normalized spacial score (nSPS) is 20.3. The molecule has 37 heavy (non-hydrogen) atoms. The molecule has 11 heteroatoms. The Labute approximate surface area is 224 Å². The van der Waals surface area contributed by atoms with Crippen molar-refractivity contribution in [3.63, 3.8) is 0 Å². The molecule has 2 saturated heterocycles. The second-order valence-electron chi connectivity index (χ2n) is 9.17. The lowest BCUT2D eigenvalue weighted by Gasteiger charge is -2.36. The quantitative estimate of drug-likeness (QED) is 0.468. The Hall–Kier alpha value is -2.92. The van der Waals surface area contributed by atoms with E-state index in [0.29, 0.717) is 23.8 Å². The highest BCUT2D eigenvalue weighted by Gasteiger charge is 2.27. The fourth-order valence-corrected chi connectivity index (χ4v) is 6.06. The summed E-state index contributed by atoms with van der Waals surface area (Å²) in [5.74, 6) is -0.235. The molecule has 0 spiro atoms. The summed E-state index contributed by atoms with van der Waals surface area (Å²) in [6, 6.07) is 9.91. The van der Waals surface area contributed by atoms with Crippen LogP contribution >= 0.6 is 23.4 Å². The molecule has 2 fully saturated rings. The zero-order valence-electron chi connectivity index (χ0n) is 20.6. The number of aliphatic imine (C=N–C) groups is 1. The number of amides is 1. The van der Waals surface area contributed by atoms with Gasteiger partial charge in [0.2, 0.25) is 0 Å². The molecule has 3 aromatic rings. The van der Waals surface area contributed by atoms with Crippen molar-refractivity contribution in [1.29, 1.82) is 0 Å². The Morgan fingerprint density at radius 3 is 2.62 bits per heavy atom. The van der Waals surface area contributed by atoms with E-state index in [9.17, 15) is 4.79 Å². The lowest BCUT2D eigenvalue weighted by atomic mass is 10.1. The van der Waals surface area contributed by atoms with E-state index in [1.54, 1.807) is 16.8 Å². The summed E-state index contributed by atoms with van der Waals surface area (Å²) in [4.78, 5) is 28.8. The van der Waals surface area contributed by atoms with Crippen LogP contribution in [0.15, 0.2) is 46.4 Å². The molecule has 6 rings (SSSR count). The molecule has 1 aromatic carbocycles. The molecular weight excluding hydrogens is 510 g/mol. The van der Waals surface area contributed by atoms with Crippen molar-refractivity contribution in [1.82, 2.24) is 24.4 Å². The van der Waals surface area contributed by atoms with Crippen LogP contribution in [0.1, 0.15) is 12.6 Å². The van der Waals surface area contributed by atoms with E-state index >= 15 is 0 Å². The average Bonchev–Trinajstić information content (AvgIpc) is 3.52. The van der Waals surface area contributed by atoms with Crippen LogP contribution in [-0.2, 0) is 9.53 Å². The summed E-state index contributed by atoms with van der Waals surface area (Å²) in [5, 5.41) is 6.23. The van der Waals surface area contributed by atoms with Crippen LogP contribution in [-0.4, -0.2) is 94.5 Å². The van der Waals surface area contributed by atoms with E-state index in [2.05, 4.69) is 43.7 Å². The first-order valence-corrected chi connectivity index (χ1v) is 13.8. The topological polar surface area (TPSA) is 78.6 Å². The first-order chi connectivity index (χ1) is 18.1. The number of rotatable bonds is 4. The van der Waals surface area contributed by atoms with Crippen molar-refractivity contribution in [3.05, 3.63) is 52.2 Å². The van der Waals surface area contributed by atoms with Crippen LogP contribution in [0.25, 0.3) is 23.0 Å². The minimum absolute atomic E-state index is 0.235. The molecule has 0 atom stereocenters. The molecule has 2 aromatic heterocycles. The molecule has 0 unspecified atom stereocenters. The number of piperazine rings is 1. The molecule has 192 valence electrons. The second kappa shape index (κ2) is 10.4. The number of morpholine rings is 1. The molecule has 0 bridgehead atoms. The van der Waals surface area contributed by atoms with Gasteiger partial charge in [0.05, 0.1) is 46.4 Å². The highest BCUT2D eigenvalue weighted by atomic mass is 35.5.